The third kappa shape index (κ3) is 2.43. The first kappa shape index (κ1) is 14.0. The highest BCUT2D eigenvalue weighted by Gasteiger charge is 2.35. The predicted octanol–water partition coefficient (Wildman–Crippen LogP) is 1.86. The van der Waals surface area contributed by atoms with Crippen molar-refractivity contribution >= 4 is 5.97 Å². The first-order chi connectivity index (χ1) is 8.36. The van der Waals surface area contributed by atoms with Crippen LogP contribution in [0.4, 0.5) is 13.2 Å². The highest BCUT2D eigenvalue weighted by molar-refractivity contribution is 5.92. The van der Waals surface area contributed by atoms with Gasteiger partial charge in [-0.3, -0.25) is 0 Å². The van der Waals surface area contributed by atoms with E-state index in [1.165, 1.54) is 6.07 Å². The van der Waals surface area contributed by atoms with E-state index >= 15 is 0 Å². The number of nitrogens with zero attached hydrogens (tertiary/aromatic N) is 1. The zero-order valence-corrected chi connectivity index (χ0v) is 9.21. The summed E-state index contributed by atoms with van der Waals surface area (Å²) in [6.45, 7) is -0.864. The van der Waals surface area contributed by atoms with Crippen LogP contribution >= 0.6 is 0 Å². The second kappa shape index (κ2) is 5.06. The van der Waals surface area contributed by atoms with Crippen molar-refractivity contribution in [3.05, 3.63) is 34.4 Å². The third-order valence-corrected chi connectivity index (χ3v) is 2.29. The predicted molar refractivity (Wildman–Crippen MR) is 53.4 cm³/mol. The zero-order valence-electron chi connectivity index (χ0n) is 9.21. The van der Waals surface area contributed by atoms with E-state index in [1.54, 1.807) is 0 Å². The summed E-state index contributed by atoms with van der Waals surface area (Å²) in [6.07, 6.45) is -4.73. The van der Waals surface area contributed by atoms with E-state index in [4.69, 9.17) is 10.4 Å². The van der Waals surface area contributed by atoms with E-state index < -0.39 is 29.9 Å². The summed E-state index contributed by atoms with van der Waals surface area (Å²) < 4.78 is 42.2. The average molecular weight is 259 g/mol. The molecule has 0 heterocycles. The van der Waals surface area contributed by atoms with Gasteiger partial charge < -0.3 is 9.84 Å². The summed E-state index contributed by atoms with van der Waals surface area (Å²) in [6, 6.07) is 2.84. The van der Waals surface area contributed by atoms with Crippen LogP contribution in [0.2, 0.25) is 0 Å². The molecule has 0 saturated heterocycles. The van der Waals surface area contributed by atoms with Crippen molar-refractivity contribution in [2.24, 2.45) is 0 Å². The van der Waals surface area contributed by atoms with Crippen LogP contribution in [0.5, 0.6) is 0 Å². The van der Waals surface area contributed by atoms with Crippen molar-refractivity contribution in [3.8, 4) is 6.07 Å². The van der Waals surface area contributed by atoms with Crippen LogP contribution in [-0.2, 0) is 17.5 Å². The number of ether oxygens (including phenoxy) is 1. The van der Waals surface area contributed by atoms with Gasteiger partial charge >= 0.3 is 12.1 Å². The number of carbonyl (C=O) groups is 1. The summed E-state index contributed by atoms with van der Waals surface area (Å²) in [5.41, 5.74) is -2.61. The second-order valence-corrected chi connectivity index (χ2v) is 3.27. The van der Waals surface area contributed by atoms with Gasteiger partial charge in [-0.1, -0.05) is 0 Å². The lowest BCUT2D eigenvalue weighted by Crippen LogP contribution is -2.14. The van der Waals surface area contributed by atoms with Crippen molar-refractivity contribution in [3.63, 3.8) is 0 Å². The Bertz CT molecular complexity index is 517. The number of aliphatic hydroxyl groups is 1. The lowest BCUT2D eigenvalue weighted by Gasteiger charge is -2.13. The molecule has 1 aromatic rings. The first-order valence-corrected chi connectivity index (χ1v) is 4.69. The Hall–Kier alpha value is -2.07. The molecule has 0 unspecified atom stereocenters. The second-order valence-electron chi connectivity index (χ2n) is 3.27. The van der Waals surface area contributed by atoms with Crippen molar-refractivity contribution in [2.45, 2.75) is 12.8 Å². The van der Waals surface area contributed by atoms with Crippen LogP contribution < -0.4 is 0 Å². The van der Waals surface area contributed by atoms with Gasteiger partial charge in [-0.15, -0.1) is 0 Å². The van der Waals surface area contributed by atoms with Crippen molar-refractivity contribution in [2.75, 3.05) is 7.11 Å². The Kier molecular flexibility index (Phi) is 3.93. The minimum absolute atomic E-state index is 0.260. The van der Waals surface area contributed by atoms with Crippen LogP contribution in [0.15, 0.2) is 12.1 Å². The molecule has 4 nitrogen and oxygen atoms in total. The molecule has 1 rings (SSSR count). The standard InChI is InChI=1S/C11H8F3NO3/c1-18-10(17)6-2-3-9(11(12,13)14)7(4-15)8(6)5-16/h2-3,16H,5H2,1H3. The quantitative estimate of drug-likeness (QED) is 0.823. The Morgan fingerprint density at radius 3 is 2.50 bits per heavy atom. The minimum atomic E-state index is -4.73. The molecule has 0 fully saturated rings. The molecule has 0 amide bonds. The van der Waals surface area contributed by atoms with Crippen LogP contribution in [0, 0.1) is 11.3 Å². The molecular formula is C11H8F3NO3. The molecule has 96 valence electrons. The Labute approximate surface area is 100 Å². The summed E-state index contributed by atoms with van der Waals surface area (Å²) in [4.78, 5) is 11.3. The number of halogens is 3. The van der Waals surface area contributed by atoms with Gasteiger partial charge in [0.25, 0.3) is 0 Å². The zero-order chi connectivity index (χ0) is 13.9. The monoisotopic (exact) mass is 259 g/mol. The van der Waals surface area contributed by atoms with Crippen LogP contribution in [0.3, 0.4) is 0 Å². The van der Waals surface area contributed by atoms with E-state index in [2.05, 4.69) is 4.74 Å². The highest BCUT2D eigenvalue weighted by atomic mass is 19.4. The maximum Gasteiger partial charge on any atom is 0.417 e. The fourth-order valence-corrected chi connectivity index (χ4v) is 1.48. The van der Waals surface area contributed by atoms with Gasteiger partial charge in [0.15, 0.2) is 0 Å². The molecule has 7 heteroatoms. The summed E-state index contributed by atoms with van der Waals surface area (Å²) >= 11 is 0. The smallest absolute Gasteiger partial charge is 0.417 e. The third-order valence-electron chi connectivity index (χ3n) is 2.29. The van der Waals surface area contributed by atoms with Crippen molar-refractivity contribution < 1.29 is 27.8 Å². The lowest BCUT2D eigenvalue weighted by molar-refractivity contribution is -0.137. The number of esters is 1. The number of benzene rings is 1. The molecule has 0 atom stereocenters. The molecule has 0 aliphatic carbocycles. The minimum Gasteiger partial charge on any atom is -0.465 e. The number of aliphatic hydroxyl groups excluding tert-OH is 1. The number of rotatable bonds is 2. The van der Waals surface area contributed by atoms with Crippen LogP contribution in [0.25, 0.3) is 0 Å². The molecule has 0 aliphatic rings. The average Bonchev–Trinajstić information content (AvgIpc) is 2.34. The normalized spacial score (nSPS) is 10.9. The molecule has 0 aliphatic heterocycles. The van der Waals surface area contributed by atoms with Gasteiger partial charge in [-0.2, -0.15) is 18.4 Å². The Balaban J connectivity index is 3.58. The van der Waals surface area contributed by atoms with Gasteiger partial charge in [0, 0.05) is 5.56 Å². The van der Waals surface area contributed by atoms with Gasteiger partial charge in [-0.05, 0) is 12.1 Å². The van der Waals surface area contributed by atoms with E-state index in [-0.39, 0.29) is 11.1 Å². The number of alkyl halides is 3. The SMILES string of the molecule is COC(=O)c1ccc(C(F)(F)F)c(C#N)c1CO. The van der Waals surface area contributed by atoms with Crippen molar-refractivity contribution in [1.82, 2.24) is 0 Å². The van der Waals surface area contributed by atoms with Gasteiger partial charge in [0.2, 0.25) is 0 Å². The largest absolute Gasteiger partial charge is 0.465 e. The number of carbonyl (C=O) groups excluding carboxylic acids is 1. The van der Waals surface area contributed by atoms with Gasteiger partial charge in [0.05, 0.1) is 30.4 Å². The van der Waals surface area contributed by atoms with E-state index in [9.17, 15) is 18.0 Å². The molecule has 0 aromatic heterocycles. The molecule has 1 N–H and O–H groups in total. The maximum absolute atomic E-state index is 12.6. The van der Waals surface area contributed by atoms with Crippen LogP contribution in [-0.4, -0.2) is 18.2 Å². The fourth-order valence-electron chi connectivity index (χ4n) is 1.48. The maximum atomic E-state index is 12.6. The first-order valence-electron chi connectivity index (χ1n) is 4.69. The Morgan fingerprint density at radius 2 is 2.11 bits per heavy atom. The number of methoxy groups -OCH3 is 1. The number of hydrogen-bond donors (Lipinski definition) is 1. The topological polar surface area (TPSA) is 70.3 Å². The molecule has 0 spiro atoms. The molecule has 0 saturated carbocycles. The molecular weight excluding hydrogens is 251 g/mol. The van der Waals surface area contributed by atoms with E-state index in [1.807, 2.05) is 0 Å². The van der Waals surface area contributed by atoms with Gasteiger partial charge in [0.1, 0.15) is 6.07 Å². The molecule has 0 bridgehead atoms. The molecule has 18 heavy (non-hydrogen) atoms. The van der Waals surface area contributed by atoms with E-state index in [0.717, 1.165) is 13.2 Å². The Morgan fingerprint density at radius 1 is 1.50 bits per heavy atom. The van der Waals surface area contributed by atoms with Gasteiger partial charge in [-0.25, -0.2) is 4.79 Å². The fraction of sp³-hybridized carbons (Fsp3) is 0.273. The highest BCUT2D eigenvalue weighted by Crippen LogP contribution is 2.34. The summed E-state index contributed by atoms with van der Waals surface area (Å²) in [5, 5.41) is 17.8. The van der Waals surface area contributed by atoms with Crippen LogP contribution in [0.1, 0.15) is 27.0 Å². The molecule has 0 radical (unpaired) electrons. The molecule has 1 aromatic carbocycles. The summed E-state index contributed by atoms with van der Waals surface area (Å²) in [7, 11) is 1.05. The van der Waals surface area contributed by atoms with E-state index in [0.29, 0.717) is 6.07 Å². The van der Waals surface area contributed by atoms with Crippen molar-refractivity contribution in [1.29, 1.82) is 5.26 Å². The number of nitriles is 1. The number of hydrogen-bond acceptors (Lipinski definition) is 4. The lowest BCUT2D eigenvalue weighted by atomic mass is 9.96. The summed E-state index contributed by atoms with van der Waals surface area (Å²) in [5.74, 6) is -0.913.